The maximum absolute atomic E-state index is 12.4. The molecule has 0 spiro atoms. The molecule has 3 N–H and O–H groups in total. The van der Waals surface area contributed by atoms with Crippen molar-refractivity contribution in [2.24, 2.45) is 5.73 Å². The zero-order valence-corrected chi connectivity index (χ0v) is 15.0. The Hall–Kier alpha value is -2.67. The van der Waals surface area contributed by atoms with Gasteiger partial charge < -0.3 is 20.4 Å². The first-order chi connectivity index (χ1) is 12.5. The lowest BCUT2D eigenvalue weighted by Crippen LogP contribution is -2.40. The number of hydrogen-bond donors (Lipinski definition) is 2. The van der Waals surface area contributed by atoms with Crippen molar-refractivity contribution in [3.05, 3.63) is 53.7 Å². The van der Waals surface area contributed by atoms with Crippen molar-refractivity contribution in [3.63, 3.8) is 0 Å². The molecule has 1 aromatic carbocycles. The average Bonchev–Trinajstić information content (AvgIpc) is 3.28. The molecule has 1 aliphatic heterocycles. The minimum absolute atomic E-state index is 0.0897. The third-order valence-electron chi connectivity index (χ3n) is 4.56. The van der Waals surface area contributed by atoms with Crippen LogP contribution in [0.3, 0.4) is 0 Å². The number of nitrogens with zero attached hydrogens (tertiary/aromatic N) is 2. The molecule has 7 heteroatoms. The molecule has 2 atom stereocenters. The van der Waals surface area contributed by atoms with Crippen molar-refractivity contribution in [2.45, 2.75) is 38.3 Å². The fourth-order valence-electron chi connectivity index (χ4n) is 3.15. The van der Waals surface area contributed by atoms with Crippen LogP contribution in [0.4, 0.5) is 0 Å². The maximum atomic E-state index is 12.4. The predicted octanol–water partition coefficient (Wildman–Crippen LogP) is 1.83. The van der Waals surface area contributed by atoms with Crippen LogP contribution >= 0.6 is 0 Å². The zero-order chi connectivity index (χ0) is 18.7. The van der Waals surface area contributed by atoms with Gasteiger partial charge in [-0.25, -0.2) is 4.98 Å². The van der Waals surface area contributed by atoms with E-state index in [-0.39, 0.29) is 36.4 Å². The van der Waals surface area contributed by atoms with Crippen LogP contribution in [-0.4, -0.2) is 40.8 Å². The highest BCUT2D eigenvalue weighted by Crippen LogP contribution is 2.33. The summed E-state index contributed by atoms with van der Waals surface area (Å²) in [4.78, 5) is 30.7. The second-order valence-electron chi connectivity index (χ2n) is 6.79. The number of hydrogen-bond acceptors (Lipinski definition) is 5. The Balaban J connectivity index is 1.76. The fraction of sp³-hybridized carbons (Fsp3) is 0.421. The summed E-state index contributed by atoms with van der Waals surface area (Å²) in [5, 5.41) is 2.99. The van der Waals surface area contributed by atoms with Crippen molar-refractivity contribution in [1.82, 2.24) is 15.2 Å². The van der Waals surface area contributed by atoms with E-state index in [9.17, 15) is 9.59 Å². The highest BCUT2D eigenvalue weighted by Gasteiger charge is 2.39. The second-order valence-corrected chi connectivity index (χ2v) is 6.79. The zero-order valence-electron chi connectivity index (χ0n) is 15.0. The van der Waals surface area contributed by atoms with Crippen LogP contribution in [0.2, 0.25) is 0 Å². The third kappa shape index (κ3) is 3.77. The van der Waals surface area contributed by atoms with Crippen LogP contribution in [0.25, 0.3) is 0 Å². The van der Waals surface area contributed by atoms with Gasteiger partial charge in [-0.2, -0.15) is 0 Å². The molecule has 1 aromatic heterocycles. The van der Waals surface area contributed by atoms with E-state index >= 15 is 0 Å². The normalized spacial score (nSPS) is 19.8. The van der Waals surface area contributed by atoms with Gasteiger partial charge in [0.15, 0.2) is 0 Å². The molecule has 2 unspecified atom stereocenters. The molecule has 0 aliphatic carbocycles. The van der Waals surface area contributed by atoms with E-state index in [0.717, 1.165) is 5.76 Å². The average molecular weight is 356 g/mol. The Kier molecular flexibility index (Phi) is 5.37. The van der Waals surface area contributed by atoms with Crippen LogP contribution < -0.4 is 11.1 Å². The van der Waals surface area contributed by atoms with E-state index in [1.54, 1.807) is 23.2 Å². The quantitative estimate of drug-likeness (QED) is 0.851. The number of amides is 2. The number of nitrogens with two attached hydrogens (primary N) is 1. The number of carbonyl (C=O) groups excluding carboxylic acids is 2. The predicted molar refractivity (Wildman–Crippen MR) is 96.4 cm³/mol. The Morgan fingerprint density at radius 2 is 2.08 bits per heavy atom. The van der Waals surface area contributed by atoms with Gasteiger partial charge in [-0.15, -0.1) is 0 Å². The van der Waals surface area contributed by atoms with E-state index in [1.807, 2.05) is 32.0 Å². The van der Waals surface area contributed by atoms with Crippen LogP contribution in [0.5, 0.6) is 0 Å². The number of likely N-dealkylation sites (tertiary alicyclic amines) is 1. The van der Waals surface area contributed by atoms with Gasteiger partial charge in [0.1, 0.15) is 11.8 Å². The van der Waals surface area contributed by atoms with Crippen LogP contribution in [0.1, 0.15) is 54.2 Å². The highest BCUT2D eigenvalue weighted by molar-refractivity contribution is 5.94. The monoisotopic (exact) mass is 356 g/mol. The summed E-state index contributed by atoms with van der Waals surface area (Å²) in [6, 6.07) is 8.51. The van der Waals surface area contributed by atoms with Gasteiger partial charge in [-0.1, -0.05) is 32.0 Å². The molecule has 1 saturated heterocycles. The molecular weight excluding hydrogens is 332 g/mol. The third-order valence-corrected chi connectivity index (χ3v) is 4.56. The van der Waals surface area contributed by atoms with Crippen molar-refractivity contribution >= 4 is 11.8 Å². The summed E-state index contributed by atoms with van der Waals surface area (Å²) < 4.78 is 5.83. The molecule has 7 nitrogen and oxygen atoms in total. The van der Waals surface area contributed by atoms with Gasteiger partial charge in [0.2, 0.25) is 11.8 Å². The summed E-state index contributed by atoms with van der Waals surface area (Å²) in [6.45, 7) is 4.33. The van der Waals surface area contributed by atoms with Crippen molar-refractivity contribution in [2.75, 3.05) is 13.1 Å². The van der Waals surface area contributed by atoms with E-state index < -0.39 is 0 Å². The van der Waals surface area contributed by atoms with E-state index in [0.29, 0.717) is 24.4 Å². The fourth-order valence-corrected chi connectivity index (χ4v) is 3.15. The van der Waals surface area contributed by atoms with Gasteiger partial charge in [-0.05, 0) is 18.6 Å². The van der Waals surface area contributed by atoms with E-state index in [1.165, 1.54) is 0 Å². The number of benzene rings is 1. The number of carbonyl (C=O) groups is 2. The molecule has 2 aromatic rings. The number of aromatic nitrogens is 1. The molecule has 2 amide bonds. The van der Waals surface area contributed by atoms with Gasteiger partial charge in [0, 0.05) is 24.1 Å². The SMILES string of the molecule is CC(C)c1cnc(C2CC(NC(=O)c3ccccc3)CN2C(=O)CN)o1. The van der Waals surface area contributed by atoms with Gasteiger partial charge >= 0.3 is 0 Å². The van der Waals surface area contributed by atoms with Crippen LogP contribution in [0, 0.1) is 0 Å². The van der Waals surface area contributed by atoms with Gasteiger partial charge in [-0.3, -0.25) is 9.59 Å². The van der Waals surface area contributed by atoms with Crippen LogP contribution in [-0.2, 0) is 4.79 Å². The molecule has 0 saturated carbocycles. The molecule has 3 rings (SSSR count). The summed E-state index contributed by atoms with van der Waals surface area (Å²) in [5.74, 6) is 1.14. The summed E-state index contributed by atoms with van der Waals surface area (Å²) in [5.41, 5.74) is 6.14. The molecule has 26 heavy (non-hydrogen) atoms. The Labute approximate surface area is 152 Å². The molecule has 0 bridgehead atoms. The second kappa shape index (κ2) is 7.70. The topological polar surface area (TPSA) is 101 Å². The first-order valence-corrected chi connectivity index (χ1v) is 8.80. The Morgan fingerprint density at radius 1 is 1.35 bits per heavy atom. The lowest BCUT2D eigenvalue weighted by Gasteiger charge is -2.21. The minimum Gasteiger partial charge on any atom is -0.443 e. The molecule has 2 heterocycles. The lowest BCUT2D eigenvalue weighted by molar-refractivity contribution is -0.131. The molecule has 1 aliphatic rings. The summed E-state index contributed by atoms with van der Waals surface area (Å²) in [7, 11) is 0. The van der Waals surface area contributed by atoms with Crippen molar-refractivity contribution in [3.8, 4) is 0 Å². The Bertz CT molecular complexity index is 772. The highest BCUT2D eigenvalue weighted by atomic mass is 16.4. The molecule has 1 fully saturated rings. The van der Waals surface area contributed by atoms with Crippen LogP contribution in [0.15, 0.2) is 40.9 Å². The largest absolute Gasteiger partial charge is 0.443 e. The van der Waals surface area contributed by atoms with Gasteiger partial charge in [0.25, 0.3) is 5.91 Å². The van der Waals surface area contributed by atoms with Gasteiger partial charge in [0.05, 0.1) is 12.7 Å². The Morgan fingerprint density at radius 3 is 2.69 bits per heavy atom. The number of rotatable bonds is 5. The molecule has 138 valence electrons. The van der Waals surface area contributed by atoms with E-state index in [4.69, 9.17) is 10.2 Å². The van der Waals surface area contributed by atoms with E-state index in [2.05, 4.69) is 10.3 Å². The lowest BCUT2D eigenvalue weighted by atomic mass is 10.1. The maximum Gasteiger partial charge on any atom is 0.251 e. The summed E-state index contributed by atoms with van der Waals surface area (Å²) >= 11 is 0. The summed E-state index contributed by atoms with van der Waals surface area (Å²) in [6.07, 6.45) is 2.24. The van der Waals surface area contributed by atoms with Crippen molar-refractivity contribution in [1.29, 1.82) is 0 Å². The number of oxazole rings is 1. The first-order valence-electron chi connectivity index (χ1n) is 8.80. The smallest absolute Gasteiger partial charge is 0.251 e. The number of nitrogens with one attached hydrogen (secondary N) is 1. The standard InChI is InChI=1S/C19H24N4O3/c1-12(2)16-10-21-19(26-16)15-8-14(11-23(15)17(24)9-20)22-18(25)13-6-4-3-5-7-13/h3-7,10,12,14-15H,8-9,11,20H2,1-2H3,(H,22,25). The molecular formula is C19H24N4O3. The first kappa shape index (κ1) is 18.1. The minimum atomic E-state index is -0.320. The van der Waals surface area contributed by atoms with Crippen molar-refractivity contribution < 1.29 is 14.0 Å². The molecule has 0 radical (unpaired) electrons.